The SMILES string of the molecule is CCc1ccc(N2C(=S)NC(c3ccccn3)C2c2cccs2)cc1. The van der Waals surface area contributed by atoms with Gasteiger partial charge in [-0.1, -0.05) is 31.2 Å². The normalized spacial score (nSPS) is 19.9. The van der Waals surface area contributed by atoms with Gasteiger partial charge in [-0.05, 0) is 59.9 Å². The first-order valence-corrected chi connectivity index (χ1v) is 9.69. The van der Waals surface area contributed by atoms with Crippen LogP contribution in [0.5, 0.6) is 0 Å². The van der Waals surface area contributed by atoms with Crippen molar-refractivity contribution in [3.8, 4) is 0 Å². The number of benzene rings is 1. The van der Waals surface area contributed by atoms with Gasteiger partial charge in [-0.2, -0.15) is 0 Å². The summed E-state index contributed by atoms with van der Waals surface area (Å²) in [7, 11) is 0. The van der Waals surface area contributed by atoms with E-state index in [2.05, 4.69) is 70.0 Å². The third-order valence-corrected chi connectivity index (χ3v) is 5.81. The van der Waals surface area contributed by atoms with Gasteiger partial charge in [-0.25, -0.2) is 0 Å². The van der Waals surface area contributed by atoms with E-state index in [-0.39, 0.29) is 12.1 Å². The number of aryl methyl sites for hydroxylation is 1. The summed E-state index contributed by atoms with van der Waals surface area (Å²) in [6, 6.07) is 19.1. The van der Waals surface area contributed by atoms with Crippen LogP contribution in [0.25, 0.3) is 0 Å². The fourth-order valence-electron chi connectivity index (χ4n) is 3.27. The van der Waals surface area contributed by atoms with E-state index in [1.54, 1.807) is 11.3 Å². The Hall–Kier alpha value is -2.24. The molecule has 3 aromatic rings. The minimum Gasteiger partial charge on any atom is -0.351 e. The number of thiocarbonyl (C=S) groups is 1. The molecular formula is C20H19N3S2. The molecule has 0 bridgehead atoms. The molecule has 1 aliphatic rings. The summed E-state index contributed by atoms with van der Waals surface area (Å²) in [6.45, 7) is 2.17. The van der Waals surface area contributed by atoms with Gasteiger partial charge < -0.3 is 10.2 Å². The highest BCUT2D eigenvalue weighted by molar-refractivity contribution is 7.80. The molecule has 126 valence electrons. The molecule has 0 radical (unpaired) electrons. The maximum absolute atomic E-state index is 5.70. The first-order chi connectivity index (χ1) is 12.3. The van der Waals surface area contributed by atoms with E-state index in [0.29, 0.717) is 0 Å². The smallest absolute Gasteiger partial charge is 0.174 e. The minimum atomic E-state index is 0.0400. The highest BCUT2D eigenvalue weighted by Crippen LogP contribution is 2.42. The first-order valence-electron chi connectivity index (χ1n) is 8.41. The lowest BCUT2D eigenvalue weighted by Crippen LogP contribution is -2.29. The Balaban J connectivity index is 1.77. The van der Waals surface area contributed by atoms with Crippen LogP contribution >= 0.6 is 23.6 Å². The Kier molecular flexibility index (Phi) is 4.51. The summed E-state index contributed by atoms with van der Waals surface area (Å²) < 4.78 is 0. The first kappa shape index (κ1) is 16.2. The van der Waals surface area contributed by atoms with Crippen molar-refractivity contribution >= 4 is 34.4 Å². The Bertz CT molecular complexity index is 844. The molecule has 2 aromatic heterocycles. The van der Waals surface area contributed by atoms with Crippen LogP contribution in [0.2, 0.25) is 0 Å². The van der Waals surface area contributed by atoms with Crippen LogP contribution < -0.4 is 10.2 Å². The third kappa shape index (κ3) is 3.05. The number of nitrogens with zero attached hydrogens (tertiary/aromatic N) is 2. The van der Waals surface area contributed by atoms with E-state index >= 15 is 0 Å². The molecule has 3 nitrogen and oxygen atoms in total. The highest BCUT2D eigenvalue weighted by atomic mass is 32.1. The van der Waals surface area contributed by atoms with Gasteiger partial charge in [0.15, 0.2) is 5.11 Å². The van der Waals surface area contributed by atoms with Gasteiger partial charge in [-0.3, -0.25) is 4.98 Å². The Morgan fingerprint density at radius 3 is 2.60 bits per heavy atom. The van der Waals surface area contributed by atoms with E-state index in [1.807, 2.05) is 18.3 Å². The number of pyridine rings is 1. The predicted octanol–water partition coefficient (Wildman–Crippen LogP) is 4.88. The zero-order chi connectivity index (χ0) is 17.2. The van der Waals surface area contributed by atoms with Crippen molar-refractivity contribution in [1.82, 2.24) is 10.3 Å². The zero-order valence-electron chi connectivity index (χ0n) is 13.9. The van der Waals surface area contributed by atoms with Gasteiger partial charge in [-0.15, -0.1) is 11.3 Å². The molecule has 3 heterocycles. The Morgan fingerprint density at radius 1 is 1.12 bits per heavy atom. The van der Waals surface area contributed by atoms with Gasteiger partial charge in [0.1, 0.15) is 0 Å². The van der Waals surface area contributed by atoms with Crippen molar-refractivity contribution in [1.29, 1.82) is 0 Å². The summed E-state index contributed by atoms with van der Waals surface area (Å²) >= 11 is 7.46. The molecule has 2 atom stereocenters. The van der Waals surface area contributed by atoms with Crippen LogP contribution in [0.3, 0.4) is 0 Å². The average molecular weight is 366 g/mol. The van der Waals surface area contributed by atoms with Gasteiger partial charge in [0.2, 0.25) is 0 Å². The molecule has 25 heavy (non-hydrogen) atoms. The Morgan fingerprint density at radius 2 is 1.96 bits per heavy atom. The van der Waals surface area contributed by atoms with Crippen molar-refractivity contribution in [2.24, 2.45) is 0 Å². The minimum absolute atomic E-state index is 0.0400. The predicted molar refractivity (Wildman–Crippen MR) is 108 cm³/mol. The van der Waals surface area contributed by atoms with E-state index in [0.717, 1.165) is 22.9 Å². The van der Waals surface area contributed by atoms with Crippen molar-refractivity contribution in [2.45, 2.75) is 25.4 Å². The van der Waals surface area contributed by atoms with Crippen molar-refractivity contribution in [3.05, 3.63) is 82.3 Å². The van der Waals surface area contributed by atoms with Crippen LogP contribution in [-0.4, -0.2) is 10.1 Å². The molecule has 0 saturated carbocycles. The standard InChI is InChI=1S/C20H19N3S2/c1-2-14-8-10-15(11-9-14)23-19(17-7-5-13-25-17)18(22-20(23)24)16-6-3-4-12-21-16/h3-13,18-19H,2H2,1H3,(H,22,24). The number of aromatic nitrogens is 1. The topological polar surface area (TPSA) is 28.2 Å². The second kappa shape index (κ2) is 6.94. The monoisotopic (exact) mass is 365 g/mol. The Labute approximate surface area is 157 Å². The molecule has 1 N–H and O–H groups in total. The summed E-state index contributed by atoms with van der Waals surface area (Å²) in [5.74, 6) is 0. The second-order valence-corrected chi connectivity index (χ2v) is 7.40. The molecule has 0 amide bonds. The molecule has 4 rings (SSSR count). The number of hydrogen-bond acceptors (Lipinski definition) is 3. The largest absolute Gasteiger partial charge is 0.351 e. The lowest BCUT2D eigenvalue weighted by Gasteiger charge is -2.27. The van der Waals surface area contributed by atoms with Crippen LogP contribution in [0, 0.1) is 0 Å². The van der Waals surface area contributed by atoms with Gasteiger partial charge in [0.05, 0.1) is 17.8 Å². The van der Waals surface area contributed by atoms with Crippen LogP contribution in [-0.2, 0) is 6.42 Å². The van der Waals surface area contributed by atoms with E-state index in [4.69, 9.17) is 12.2 Å². The van der Waals surface area contributed by atoms with Crippen molar-refractivity contribution in [3.63, 3.8) is 0 Å². The van der Waals surface area contributed by atoms with Crippen LogP contribution in [0.1, 0.15) is 35.1 Å². The molecular weight excluding hydrogens is 346 g/mol. The lowest BCUT2D eigenvalue weighted by molar-refractivity contribution is 0.575. The summed E-state index contributed by atoms with van der Waals surface area (Å²) in [6.07, 6.45) is 2.87. The van der Waals surface area contributed by atoms with E-state index in [9.17, 15) is 0 Å². The number of thiophene rings is 1. The van der Waals surface area contributed by atoms with Crippen LogP contribution in [0.4, 0.5) is 5.69 Å². The molecule has 1 fully saturated rings. The highest BCUT2D eigenvalue weighted by Gasteiger charge is 2.41. The molecule has 0 aliphatic carbocycles. The van der Waals surface area contributed by atoms with Crippen molar-refractivity contribution in [2.75, 3.05) is 4.90 Å². The van der Waals surface area contributed by atoms with E-state index < -0.39 is 0 Å². The maximum atomic E-state index is 5.70. The van der Waals surface area contributed by atoms with Gasteiger partial charge in [0.25, 0.3) is 0 Å². The van der Waals surface area contributed by atoms with Crippen molar-refractivity contribution < 1.29 is 0 Å². The number of hydrogen-bond donors (Lipinski definition) is 1. The molecule has 5 heteroatoms. The number of anilines is 1. The molecule has 1 aromatic carbocycles. The molecule has 1 saturated heterocycles. The second-order valence-electron chi connectivity index (χ2n) is 6.03. The molecule has 2 unspecified atom stereocenters. The molecule has 1 aliphatic heterocycles. The van der Waals surface area contributed by atoms with Crippen LogP contribution in [0.15, 0.2) is 66.2 Å². The fraction of sp³-hybridized carbons (Fsp3) is 0.200. The molecule has 0 spiro atoms. The van der Waals surface area contributed by atoms with E-state index in [1.165, 1.54) is 10.4 Å². The quantitative estimate of drug-likeness (QED) is 0.667. The maximum Gasteiger partial charge on any atom is 0.174 e. The fourth-order valence-corrected chi connectivity index (χ4v) is 4.47. The lowest BCUT2D eigenvalue weighted by atomic mass is 10.0. The summed E-state index contributed by atoms with van der Waals surface area (Å²) in [5, 5.41) is 6.35. The third-order valence-electron chi connectivity index (χ3n) is 4.56. The van der Waals surface area contributed by atoms with Gasteiger partial charge in [0, 0.05) is 16.8 Å². The summed E-state index contributed by atoms with van der Waals surface area (Å²) in [5.41, 5.74) is 3.46. The zero-order valence-corrected chi connectivity index (χ0v) is 15.6. The average Bonchev–Trinajstić information content (AvgIpc) is 3.30. The summed E-state index contributed by atoms with van der Waals surface area (Å²) in [4.78, 5) is 8.07. The van der Waals surface area contributed by atoms with Gasteiger partial charge >= 0.3 is 0 Å². The number of nitrogens with one attached hydrogen (secondary N) is 1. The number of rotatable bonds is 4.